The molecule has 6 nitrogen and oxygen atoms in total. The lowest BCUT2D eigenvalue weighted by atomic mass is 9.93. The van der Waals surface area contributed by atoms with Gasteiger partial charge in [-0.3, -0.25) is 9.69 Å². The average molecular weight is 354 g/mol. The second-order valence-corrected chi connectivity index (χ2v) is 7.82. The summed E-state index contributed by atoms with van der Waals surface area (Å²) in [6.07, 6.45) is 5.41. The van der Waals surface area contributed by atoms with Gasteiger partial charge in [0.05, 0.1) is 25.7 Å². The molecule has 0 spiro atoms. The van der Waals surface area contributed by atoms with Crippen LogP contribution in [0.5, 0.6) is 0 Å². The summed E-state index contributed by atoms with van der Waals surface area (Å²) < 4.78 is 10.9. The van der Waals surface area contributed by atoms with Gasteiger partial charge in [-0.05, 0) is 65.3 Å². The number of ether oxygens (including phenoxy) is 2. The highest BCUT2D eigenvalue weighted by Gasteiger charge is 2.30. The first-order valence-corrected chi connectivity index (χ1v) is 10.1. The van der Waals surface area contributed by atoms with Crippen molar-refractivity contribution in [1.29, 1.82) is 0 Å². The molecule has 0 aromatic rings. The number of hydrogen-bond acceptors (Lipinski definition) is 6. The largest absolute Gasteiger partial charge is 0.465 e. The number of morpholine rings is 1. The molecule has 0 atom stereocenters. The summed E-state index contributed by atoms with van der Waals surface area (Å²) in [5, 5.41) is 0. The highest BCUT2D eigenvalue weighted by molar-refractivity contribution is 5.72. The maximum Gasteiger partial charge on any atom is 0.309 e. The Morgan fingerprint density at radius 1 is 1.00 bits per heavy atom. The van der Waals surface area contributed by atoms with Crippen LogP contribution < -0.4 is 0 Å². The number of carbonyl (C=O) groups excluding carboxylic acids is 1. The lowest BCUT2D eigenvalue weighted by Crippen LogP contribution is -2.47. The summed E-state index contributed by atoms with van der Waals surface area (Å²) in [5.74, 6) is 0.149. The highest BCUT2D eigenvalue weighted by atomic mass is 16.5. The smallest absolute Gasteiger partial charge is 0.309 e. The standard InChI is InChI=1S/C19H35N3O3/c1-20-8-5-18(6-9-20)22-10-3-17(4-11-22)19(23)25-14-2-7-21-12-15-24-16-13-21/h17-18H,2-16H2,1H3. The Balaban J connectivity index is 1.27. The summed E-state index contributed by atoms with van der Waals surface area (Å²) in [6.45, 7) is 9.75. The zero-order valence-electron chi connectivity index (χ0n) is 15.8. The number of nitrogens with zero attached hydrogens (tertiary/aromatic N) is 3. The van der Waals surface area contributed by atoms with Gasteiger partial charge in [0.15, 0.2) is 0 Å². The maximum atomic E-state index is 12.3. The van der Waals surface area contributed by atoms with Gasteiger partial charge in [-0.2, -0.15) is 0 Å². The minimum Gasteiger partial charge on any atom is -0.465 e. The number of piperidine rings is 2. The normalized spacial score (nSPS) is 26.0. The molecule has 0 unspecified atom stereocenters. The van der Waals surface area contributed by atoms with E-state index in [2.05, 4.69) is 21.7 Å². The molecule has 25 heavy (non-hydrogen) atoms. The molecule has 0 N–H and O–H groups in total. The quantitative estimate of drug-likeness (QED) is 0.526. The molecule has 0 aliphatic carbocycles. The average Bonchev–Trinajstić information content (AvgIpc) is 2.67. The van der Waals surface area contributed by atoms with Crippen molar-refractivity contribution in [3.05, 3.63) is 0 Å². The Bertz CT molecular complexity index is 399. The van der Waals surface area contributed by atoms with Gasteiger partial charge in [0.25, 0.3) is 0 Å². The van der Waals surface area contributed by atoms with Crippen LogP contribution in [0, 0.1) is 5.92 Å². The molecule has 0 bridgehead atoms. The van der Waals surface area contributed by atoms with E-state index in [9.17, 15) is 4.79 Å². The van der Waals surface area contributed by atoms with Crippen LogP contribution in [0.3, 0.4) is 0 Å². The molecule has 144 valence electrons. The van der Waals surface area contributed by atoms with Gasteiger partial charge >= 0.3 is 5.97 Å². The van der Waals surface area contributed by atoms with Gasteiger partial charge in [0.2, 0.25) is 0 Å². The lowest BCUT2D eigenvalue weighted by molar-refractivity contribution is -0.150. The minimum absolute atomic E-state index is 0.0324. The van der Waals surface area contributed by atoms with Gasteiger partial charge in [-0.1, -0.05) is 0 Å². The zero-order valence-corrected chi connectivity index (χ0v) is 15.8. The number of hydrogen-bond donors (Lipinski definition) is 0. The van der Waals surface area contributed by atoms with E-state index in [4.69, 9.17) is 9.47 Å². The van der Waals surface area contributed by atoms with E-state index in [1.165, 1.54) is 25.9 Å². The van der Waals surface area contributed by atoms with Gasteiger partial charge in [0.1, 0.15) is 0 Å². The predicted molar refractivity (Wildman–Crippen MR) is 97.7 cm³/mol. The Hall–Kier alpha value is -0.690. The Morgan fingerprint density at radius 2 is 1.68 bits per heavy atom. The van der Waals surface area contributed by atoms with Crippen LogP contribution in [-0.2, 0) is 14.3 Å². The molecular formula is C19H35N3O3. The Labute approximate surface area is 152 Å². The summed E-state index contributed by atoms with van der Waals surface area (Å²) in [7, 11) is 2.21. The first kappa shape index (κ1) is 19.1. The van der Waals surface area contributed by atoms with Crippen molar-refractivity contribution in [2.75, 3.05) is 72.7 Å². The van der Waals surface area contributed by atoms with Crippen LogP contribution >= 0.6 is 0 Å². The van der Waals surface area contributed by atoms with E-state index in [1.807, 2.05) is 0 Å². The molecule has 3 aliphatic heterocycles. The second-order valence-electron chi connectivity index (χ2n) is 7.82. The fourth-order valence-electron chi connectivity index (χ4n) is 4.26. The number of carbonyl (C=O) groups is 1. The van der Waals surface area contributed by atoms with Crippen LogP contribution in [0.25, 0.3) is 0 Å². The van der Waals surface area contributed by atoms with Crippen molar-refractivity contribution in [2.45, 2.75) is 38.1 Å². The second kappa shape index (κ2) is 9.86. The van der Waals surface area contributed by atoms with Crippen LogP contribution in [0.1, 0.15) is 32.1 Å². The molecule has 0 amide bonds. The molecule has 3 heterocycles. The van der Waals surface area contributed by atoms with Gasteiger partial charge in [0, 0.05) is 25.7 Å². The van der Waals surface area contributed by atoms with Crippen molar-refractivity contribution in [3.8, 4) is 0 Å². The third-order valence-corrected chi connectivity index (χ3v) is 6.03. The molecule has 0 radical (unpaired) electrons. The third-order valence-electron chi connectivity index (χ3n) is 6.03. The summed E-state index contributed by atoms with van der Waals surface area (Å²) in [5.41, 5.74) is 0. The fourth-order valence-corrected chi connectivity index (χ4v) is 4.26. The van der Waals surface area contributed by atoms with Crippen LogP contribution in [0.2, 0.25) is 0 Å². The van der Waals surface area contributed by atoms with E-state index < -0.39 is 0 Å². The molecule has 3 saturated heterocycles. The molecule has 0 aromatic carbocycles. The molecule has 6 heteroatoms. The molecule has 0 saturated carbocycles. The van der Waals surface area contributed by atoms with Crippen LogP contribution in [0.4, 0.5) is 0 Å². The van der Waals surface area contributed by atoms with Gasteiger partial charge in [-0.25, -0.2) is 0 Å². The number of esters is 1. The number of rotatable bonds is 6. The minimum atomic E-state index is 0.0324. The summed E-state index contributed by atoms with van der Waals surface area (Å²) in [4.78, 5) is 19.7. The topological polar surface area (TPSA) is 45.2 Å². The van der Waals surface area contributed by atoms with Crippen molar-refractivity contribution >= 4 is 5.97 Å². The predicted octanol–water partition coefficient (Wildman–Crippen LogP) is 1.06. The van der Waals surface area contributed by atoms with Crippen molar-refractivity contribution in [1.82, 2.24) is 14.7 Å². The molecular weight excluding hydrogens is 318 g/mol. The Kier molecular flexibility index (Phi) is 7.52. The van der Waals surface area contributed by atoms with Crippen molar-refractivity contribution < 1.29 is 14.3 Å². The maximum absolute atomic E-state index is 12.3. The third kappa shape index (κ3) is 5.91. The van der Waals surface area contributed by atoms with Crippen LogP contribution in [-0.4, -0.2) is 99.4 Å². The Morgan fingerprint density at radius 3 is 2.36 bits per heavy atom. The van der Waals surface area contributed by atoms with Gasteiger partial charge < -0.3 is 19.3 Å². The molecule has 3 fully saturated rings. The van der Waals surface area contributed by atoms with E-state index in [1.54, 1.807) is 0 Å². The summed E-state index contributed by atoms with van der Waals surface area (Å²) >= 11 is 0. The van der Waals surface area contributed by atoms with E-state index in [0.29, 0.717) is 6.61 Å². The molecule has 3 rings (SSSR count). The fraction of sp³-hybridized carbons (Fsp3) is 0.947. The van der Waals surface area contributed by atoms with Gasteiger partial charge in [-0.15, -0.1) is 0 Å². The van der Waals surface area contributed by atoms with Crippen molar-refractivity contribution in [3.63, 3.8) is 0 Å². The van der Waals surface area contributed by atoms with E-state index >= 15 is 0 Å². The van der Waals surface area contributed by atoms with E-state index in [-0.39, 0.29) is 11.9 Å². The summed E-state index contributed by atoms with van der Waals surface area (Å²) in [6, 6.07) is 0.724. The van der Waals surface area contributed by atoms with Crippen LogP contribution in [0.15, 0.2) is 0 Å². The van der Waals surface area contributed by atoms with E-state index in [0.717, 1.165) is 71.2 Å². The van der Waals surface area contributed by atoms with Crippen molar-refractivity contribution in [2.24, 2.45) is 5.92 Å². The molecule has 3 aliphatic rings. The monoisotopic (exact) mass is 353 g/mol. The molecule has 0 aromatic heterocycles. The lowest BCUT2D eigenvalue weighted by Gasteiger charge is -2.40. The SMILES string of the molecule is CN1CCC(N2CCC(C(=O)OCCCN3CCOCC3)CC2)CC1. The number of likely N-dealkylation sites (tertiary alicyclic amines) is 2. The first-order valence-electron chi connectivity index (χ1n) is 10.1. The first-order chi connectivity index (χ1) is 12.2. The highest BCUT2D eigenvalue weighted by Crippen LogP contribution is 2.24. The zero-order chi connectivity index (χ0) is 17.5.